The van der Waals surface area contributed by atoms with Gasteiger partial charge in [-0.15, -0.1) is 0 Å². The molecule has 1 unspecified atom stereocenters. The second kappa shape index (κ2) is 7.42. The topological polar surface area (TPSA) is 15.3 Å². The third kappa shape index (κ3) is 4.77. The van der Waals surface area contributed by atoms with Crippen LogP contribution in [0.25, 0.3) is 0 Å². The summed E-state index contributed by atoms with van der Waals surface area (Å²) in [6, 6.07) is 11.3. The molecule has 2 heteroatoms. The highest BCUT2D eigenvalue weighted by Crippen LogP contribution is 2.04. The highest BCUT2D eigenvalue weighted by Gasteiger charge is 2.07. The molecule has 0 amide bonds. The number of nitrogens with one attached hydrogen (secondary N) is 1. The van der Waals surface area contributed by atoms with E-state index in [-0.39, 0.29) is 0 Å². The number of hydrogen-bond donors (Lipinski definition) is 1. The molecule has 1 aromatic rings. The molecule has 1 aromatic carbocycles. The largest absolute Gasteiger partial charge is 0.320 e. The molecule has 0 aliphatic rings. The minimum atomic E-state index is 0.649. The Balaban J connectivity index is 2.26. The van der Waals surface area contributed by atoms with E-state index < -0.39 is 0 Å². The first kappa shape index (κ1) is 13.2. The van der Waals surface area contributed by atoms with E-state index in [1.54, 1.807) is 0 Å². The first-order chi connectivity index (χ1) is 7.74. The van der Waals surface area contributed by atoms with Crippen LogP contribution in [0.5, 0.6) is 0 Å². The molecule has 0 aromatic heterocycles. The van der Waals surface area contributed by atoms with Gasteiger partial charge in [0.05, 0.1) is 0 Å². The van der Waals surface area contributed by atoms with Gasteiger partial charge in [-0.1, -0.05) is 30.3 Å². The van der Waals surface area contributed by atoms with Gasteiger partial charge in [-0.2, -0.15) is 0 Å². The first-order valence-corrected chi connectivity index (χ1v) is 6.13. The van der Waals surface area contributed by atoms with Crippen LogP contribution in [-0.4, -0.2) is 38.1 Å². The van der Waals surface area contributed by atoms with Crippen LogP contribution in [0, 0.1) is 0 Å². The summed E-state index contributed by atoms with van der Waals surface area (Å²) in [5.74, 6) is 0. The predicted molar refractivity (Wildman–Crippen MR) is 70.8 cm³/mol. The van der Waals surface area contributed by atoms with Gasteiger partial charge in [0.15, 0.2) is 0 Å². The van der Waals surface area contributed by atoms with Crippen LogP contribution < -0.4 is 5.32 Å². The van der Waals surface area contributed by atoms with E-state index >= 15 is 0 Å². The van der Waals surface area contributed by atoms with Gasteiger partial charge < -0.3 is 10.2 Å². The van der Waals surface area contributed by atoms with Crippen molar-refractivity contribution in [1.82, 2.24) is 10.2 Å². The molecule has 0 radical (unpaired) electrons. The Morgan fingerprint density at radius 1 is 1.25 bits per heavy atom. The summed E-state index contributed by atoms with van der Waals surface area (Å²) >= 11 is 0. The van der Waals surface area contributed by atoms with Crippen molar-refractivity contribution >= 4 is 0 Å². The second-order valence-electron chi connectivity index (χ2n) is 4.46. The number of likely N-dealkylation sites (N-methyl/N-ethyl adjacent to an activating group) is 1. The third-order valence-electron chi connectivity index (χ3n) is 3.16. The third-order valence-corrected chi connectivity index (χ3v) is 3.16. The van der Waals surface area contributed by atoms with Crippen LogP contribution in [0.2, 0.25) is 0 Å². The SMILES string of the molecule is CNCCC(C)N(C)CCc1ccccc1. The summed E-state index contributed by atoms with van der Waals surface area (Å²) in [5, 5.41) is 3.20. The first-order valence-electron chi connectivity index (χ1n) is 6.13. The van der Waals surface area contributed by atoms with Crippen LogP contribution in [0.4, 0.5) is 0 Å². The normalized spacial score (nSPS) is 13.0. The molecule has 1 atom stereocenters. The van der Waals surface area contributed by atoms with Gasteiger partial charge in [-0.3, -0.25) is 0 Å². The quantitative estimate of drug-likeness (QED) is 0.757. The smallest absolute Gasteiger partial charge is 0.00760 e. The molecule has 0 saturated carbocycles. The summed E-state index contributed by atoms with van der Waals surface area (Å²) < 4.78 is 0. The van der Waals surface area contributed by atoms with Crippen molar-refractivity contribution in [2.45, 2.75) is 25.8 Å². The molecule has 0 aliphatic carbocycles. The van der Waals surface area contributed by atoms with E-state index in [1.165, 1.54) is 12.0 Å². The van der Waals surface area contributed by atoms with Crippen molar-refractivity contribution in [1.29, 1.82) is 0 Å². The van der Waals surface area contributed by atoms with Crippen molar-refractivity contribution in [3.05, 3.63) is 35.9 Å². The van der Waals surface area contributed by atoms with E-state index in [1.807, 2.05) is 7.05 Å². The molecule has 0 saturated heterocycles. The highest BCUT2D eigenvalue weighted by atomic mass is 15.1. The molecule has 0 bridgehead atoms. The molecule has 0 fully saturated rings. The number of rotatable bonds is 7. The number of benzene rings is 1. The molecule has 1 rings (SSSR count). The van der Waals surface area contributed by atoms with Gasteiger partial charge in [0, 0.05) is 12.6 Å². The molecule has 90 valence electrons. The molecule has 0 heterocycles. The summed E-state index contributed by atoms with van der Waals surface area (Å²) in [5.41, 5.74) is 1.43. The Hall–Kier alpha value is -0.860. The molecular weight excluding hydrogens is 196 g/mol. The molecule has 2 nitrogen and oxygen atoms in total. The van der Waals surface area contributed by atoms with Gasteiger partial charge in [-0.05, 0) is 46.0 Å². The fraction of sp³-hybridized carbons (Fsp3) is 0.571. The average Bonchev–Trinajstić information content (AvgIpc) is 2.34. The van der Waals surface area contributed by atoms with Crippen molar-refractivity contribution in [2.24, 2.45) is 0 Å². The lowest BCUT2D eigenvalue weighted by atomic mass is 10.1. The van der Waals surface area contributed by atoms with Crippen LogP contribution in [0.15, 0.2) is 30.3 Å². The summed E-state index contributed by atoms with van der Waals surface area (Å²) in [6.45, 7) is 4.52. The number of nitrogens with zero attached hydrogens (tertiary/aromatic N) is 1. The lowest BCUT2D eigenvalue weighted by molar-refractivity contribution is 0.248. The standard InChI is InChI=1S/C14H24N2/c1-13(9-11-15-2)16(3)12-10-14-7-5-4-6-8-14/h4-8,13,15H,9-12H2,1-3H3. The molecule has 0 spiro atoms. The lowest BCUT2D eigenvalue weighted by Crippen LogP contribution is -2.33. The maximum Gasteiger partial charge on any atom is 0.00760 e. The van der Waals surface area contributed by atoms with Gasteiger partial charge in [-0.25, -0.2) is 0 Å². The fourth-order valence-corrected chi connectivity index (χ4v) is 1.74. The zero-order valence-electron chi connectivity index (χ0n) is 10.7. The average molecular weight is 220 g/mol. The maximum atomic E-state index is 3.20. The Kier molecular flexibility index (Phi) is 6.12. The van der Waals surface area contributed by atoms with Crippen molar-refractivity contribution < 1.29 is 0 Å². The van der Waals surface area contributed by atoms with Gasteiger partial charge >= 0.3 is 0 Å². The van der Waals surface area contributed by atoms with Gasteiger partial charge in [0.25, 0.3) is 0 Å². The Bertz CT molecular complexity index is 271. The minimum Gasteiger partial charge on any atom is -0.320 e. The van der Waals surface area contributed by atoms with E-state index in [2.05, 4.69) is 54.5 Å². The predicted octanol–water partition coefficient (Wildman–Crippen LogP) is 2.16. The maximum absolute atomic E-state index is 3.20. The highest BCUT2D eigenvalue weighted by molar-refractivity contribution is 5.14. The van der Waals surface area contributed by atoms with Crippen molar-refractivity contribution in [3.8, 4) is 0 Å². The van der Waals surface area contributed by atoms with Crippen molar-refractivity contribution in [2.75, 3.05) is 27.2 Å². The zero-order chi connectivity index (χ0) is 11.8. The summed E-state index contributed by atoms with van der Waals surface area (Å²) in [7, 11) is 4.22. The van der Waals surface area contributed by atoms with Crippen LogP contribution >= 0.6 is 0 Å². The van der Waals surface area contributed by atoms with E-state index in [0.29, 0.717) is 6.04 Å². The summed E-state index contributed by atoms with van der Waals surface area (Å²) in [4.78, 5) is 2.43. The minimum absolute atomic E-state index is 0.649. The second-order valence-corrected chi connectivity index (χ2v) is 4.46. The molecule has 0 aliphatic heterocycles. The van der Waals surface area contributed by atoms with Crippen LogP contribution in [-0.2, 0) is 6.42 Å². The number of hydrogen-bond acceptors (Lipinski definition) is 2. The monoisotopic (exact) mass is 220 g/mol. The van der Waals surface area contributed by atoms with E-state index in [9.17, 15) is 0 Å². The Labute approximate surface area is 99.7 Å². The summed E-state index contributed by atoms with van der Waals surface area (Å²) in [6.07, 6.45) is 2.35. The molecule has 16 heavy (non-hydrogen) atoms. The van der Waals surface area contributed by atoms with Crippen LogP contribution in [0.1, 0.15) is 18.9 Å². The van der Waals surface area contributed by atoms with E-state index in [0.717, 1.165) is 19.5 Å². The molecule has 1 N–H and O–H groups in total. The Morgan fingerprint density at radius 2 is 1.94 bits per heavy atom. The molecular formula is C14H24N2. The van der Waals surface area contributed by atoms with Gasteiger partial charge in [0.2, 0.25) is 0 Å². The fourth-order valence-electron chi connectivity index (χ4n) is 1.74. The van der Waals surface area contributed by atoms with Crippen LogP contribution in [0.3, 0.4) is 0 Å². The van der Waals surface area contributed by atoms with E-state index in [4.69, 9.17) is 0 Å². The Morgan fingerprint density at radius 3 is 2.56 bits per heavy atom. The zero-order valence-corrected chi connectivity index (χ0v) is 10.7. The van der Waals surface area contributed by atoms with Gasteiger partial charge in [0.1, 0.15) is 0 Å². The lowest BCUT2D eigenvalue weighted by Gasteiger charge is -2.24. The van der Waals surface area contributed by atoms with Crippen molar-refractivity contribution in [3.63, 3.8) is 0 Å².